The smallest absolute Gasteiger partial charge is 0.412 e. The molecule has 1 unspecified atom stereocenters. The first-order chi connectivity index (χ1) is 21.1. The Hall–Kier alpha value is -5.11. The lowest BCUT2D eigenvalue weighted by atomic mass is 10.0. The lowest BCUT2D eigenvalue weighted by Crippen LogP contribution is -2.52. The molecule has 3 aromatic carbocycles. The number of anilines is 1. The van der Waals surface area contributed by atoms with Crippen LogP contribution in [0.4, 0.5) is 23.7 Å². The van der Waals surface area contributed by atoms with Gasteiger partial charge >= 0.3 is 6.09 Å². The third-order valence-electron chi connectivity index (χ3n) is 6.92. The maximum atomic E-state index is 14.7. The first-order valence-corrected chi connectivity index (χ1v) is 13.4. The Labute approximate surface area is 248 Å². The largest absolute Gasteiger partial charge is 0.490 e. The summed E-state index contributed by atoms with van der Waals surface area (Å²) in [7, 11) is 1.48. The molecular formula is C30H26F3N3O8. The average molecular weight is 614 g/mol. The van der Waals surface area contributed by atoms with Crippen molar-refractivity contribution in [2.45, 2.75) is 32.0 Å². The molecule has 0 aliphatic carbocycles. The molecule has 2 heterocycles. The predicted octanol–water partition coefficient (Wildman–Crippen LogP) is 4.43. The Balaban J connectivity index is 1.27. The van der Waals surface area contributed by atoms with Gasteiger partial charge in [0.2, 0.25) is 11.8 Å². The van der Waals surface area contributed by atoms with E-state index in [-0.39, 0.29) is 67.7 Å². The standard InChI is InChI=1S/C30H26F3N3O8/c1-41-10-11-42-27-17(3-2-16-14-36(29(39)26(16)27)24-8-9-25(37)35-28(24)38)15-43-30(40)34-23-7-5-19(13-22(23)33)44-18-4-6-20(31)21(32)12-18/h2-7,12-13,24H,8-11,14-15H2,1H3,(H,34,40)(H,35,37,38). The topological polar surface area (TPSA) is 132 Å². The van der Waals surface area contributed by atoms with Gasteiger partial charge in [-0.15, -0.1) is 0 Å². The van der Waals surface area contributed by atoms with E-state index in [1.807, 2.05) is 0 Å². The van der Waals surface area contributed by atoms with Crippen LogP contribution in [0.1, 0.15) is 34.3 Å². The number of halogens is 3. The molecule has 1 saturated heterocycles. The number of carbonyl (C=O) groups excluding carboxylic acids is 4. The van der Waals surface area contributed by atoms with Gasteiger partial charge in [0.25, 0.3) is 5.91 Å². The number of imide groups is 1. The summed E-state index contributed by atoms with van der Waals surface area (Å²) < 4.78 is 62.8. The van der Waals surface area contributed by atoms with Crippen LogP contribution in [0.2, 0.25) is 0 Å². The van der Waals surface area contributed by atoms with Crippen molar-refractivity contribution in [1.82, 2.24) is 10.2 Å². The molecule has 0 bridgehead atoms. The van der Waals surface area contributed by atoms with E-state index >= 15 is 0 Å². The Kier molecular flexibility index (Phi) is 8.99. The van der Waals surface area contributed by atoms with Crippen molar-refractivity contribution in [1.29, 1.82) is 0 Å². The highest BCUT2D eigenvalue weighted by molar-refractivity contribution is 6.06. The highest BCUT2D eigenvalue weighted by Gasteiger charge is 2.41. The number of piperidine rings is 1. The highest BCUT2D eigenvalue weighted by atomic mass is 19.2. The number of nitrogens with zero attached hydrogens (tertiary/aromatic N) is 1. The average Bonchev–Trinajstić information content (AvgIpc) is 3.32. The molecule has 44 heavy (non-hydrogen) atoms. The van der Waals surface area contributed by atoms with Gasteiger partial charge in [-0.25, -0.2) is 18.0 Å². The van der Waals surface area contributed by atoms with E-state index in [4.69, 9.17) is 18.9 Å². The zero-order valence-corrected chi connectivity index (χ0v) is 23.3. The zero-order chi connectivity index (χ0) is 31.4. The van der Waals surface area contributed by atoms with Gasteiger partial charge in [0.1, 0.15) is 36.5 Å². The van der Waals surface area contributed by atoms with Crippen LogP contribution in [0.3, 0.4) is 0 Å². The summed E-state index contributed by atoms with van der Waals surface area (Å²) in [6.45, 7) is 0.0382. The summed E-state index contributed by atoms with van der Waals surface area (Å²) in [4.78, 5) is 51.4. The summed E-state index contributed by atoms with van der Waals surface area (Å²) >= 11 is 0. The van der Waals surface area contributed by atoms with Crippen molar-refractivity contribution >= 4 is 29.5 Å². The Morgan fingerprint density at radius 2 is 1.73 bits per heavy atom. The fraction of sp³-hybridized carbons (Fsp3) is 0.267. The monoisotopic (exact) mass is 613 g/mol. The normalized spacial score (nSPS) is 16.0. The number of ether oxygens (including phenoxy) is 4. The molecule has 0 spiro atoms. The van der Waals surface area contributed by atoms with Crippen molar-refractivity contribution in [3.63, 3.8) is 0 Å². The van der Waals surface area contributed by atoms with Crippen molar-refractivity contribution in [2.24, 2.45) is 0 Å². The Bertz CT molecular complexity index is 1630. The van der Waals surface area contributed by atoms with Crippen molar-refractivity contribution in [3.05, 3.63) is 82.7 Å². The van der Waals surface area contributed by atoms with Crippen LogP contribution in [-0.4, -0.2) is 55.1 Å². The second-order valence-corrected chi connectivity index (χ2v) is 9.85. The van der Waals surface area contributed by atoms with Crippen molar-refractivity contribution in [2.75, 3.05) is 25.6 Å². The van der Waals surface area contributed by atoms with E-state index in [0.717, 1.165) is 18.2 Å². The van der Waals surface area contributed by atoms with E-state index in [0.29, 0.717) is 11.1 Å². The van der Waals surface area contributed by atoms with Gasteiger partial charge in [0, 0.05) is 37.8 Å². The Morgan fingerprint density at radius 3 is 2.43 bits per heavy atom. The molecule has 2 aliphatic rings. The molecule has 11 nitrogen and oxygen atoms in total. The number of hydrogen-bond donors (Lipinski definition) is 2. The van der Waals surface area contributed by atoms with E-state index in [2.05, 4.69) is 10.6 Å². The molecular weight excluding hydrogens is 587 g/mol. The molecule has 0 aromatic heterocycles. The number of nitrogens with one attached hydrogen (secondary N) is 2. The second kappa shape index (κ2) is 13.0. The minimum Gasteiger partial charge on any atom is -0.490 e. The summed E-state index contributed by atoms with van der Waals surface area (Å²) in [5, 5.41) is 4.52. The Morgan fingerprint density at radius 1 is 0.977 bits per heavy atom. The molecule has 230 valence electrons. The summed E-state index contributed by atoms with van der Waals surface area (Å²) in [6.07, 6.45) is -0.723. The molecule has 1 atom stereocenters. The maximum Gasteiger partial charge on any atom is 0.412 e. The summed E-state index contributed by atoms with van der Waals surface area (Å²) in [6, 6.07) is 8.74. The molecule has 5 rings (SSSR count). The first kappa shape index (κ1) is 30.4. The quantitative estimate of drug-likeness (QED) is 0.254. The fourth-order valence-corrected chi connectivity index (χ4v) is 4.80. The first-order valence-electron chi connectivity index (χ1n) is 13.4. The van der Waals surface area contributed by atoms with Crippen LogP contribution in [0.5, 0.6) is 17.2 Å². The van der Waals surface area contributed by atoms with E-state index < -0.39 is 47.3 Å². The van der Waals surface area contributed by atoms with Crippen LogP contribution in [0.15, 0.2) is 48.5 Å². The maximum absolute atomic E-state index is 14.7. The molecule has 2 N–H and O–H groups in total. The van der Waals surface area contributed by atoms with Gasteiger partial charge in [0.15, 0.2) is 17.5 Å². The van der Waals surface area contributed by atoms with Crippen molar-refractivity contribution < 1.29 is 51.3 Å². The molecule has 0 saturated carbocycles. The van der Waals surface area contributed by atoms with Gasteiger partial charge in [0.05, 0.1) is 17.9 Å². The number of rotatable bonds is 10. The van der Waals surface area contributed by atoms with Gasteiger partial charge in [-0.1, -0.05) is 12.1 Å². The lowest BCUT2D eigenvalue weighted by Gasteiger charge is -2.29. The van der Waals surface area contributed by atoms with Crippen LogP contribution in [0.25, 0.3) is 0 Å². The van der Waals surface area contributed by atoms with Gasteiger partial charge in [-0.2, -0.15) is 0 Å². The third-order valence-corrected chi connectivity index (χ3v) is 6.92. The molecule has 4 amide bonds. The number of carbonyl (C=O) groups is 4. The van der Waals surface area contributed by atoms with Crippen LogP contribution >= 0.6 is 0 Å². The summed E-state index contributed by atoms with van der Waals surface area (Å²) in [5.74, 6) is -4.44. The second-order valence-electron chi connectivity index (χ2n) is 9.85. The SMILES string of the molecule is COCCOc1c(COC(=O)Nc2ccc(Oc3ccc(F)c(F)c3)cc2F)ccc2c1C(=O)N(C1CCC(=O)NC1=O)C2. The number of methoxy groups -OCH3 is 1. The zero-order valence-electron chi connectivity index (χ0n) is 23.3. The van der Waals surface area contributed by atoms with E-state index in [1.165, 1.54) is 30.2 Å². The van der Waals surface area contributed by atoms with Gasteiger partial charge in [-0.3, -0.25) is 25.0 Å². The number of hydrogen-bond acceptors (Lipinski definition) is 8. The molecule has 0 radical (unpaired) electrons. The van der Waals surface area contributed by atoms with E-state index in [1.54, 1.807) is 12.1 Å². The fourth-order valence-electron chi connectivity index (χ4n) is 4.80. The molecule has 3 aromatic rings. The van der Waals surface area contributed by atoms with Crippen molar-refractivity contribution in [3.8, 4) is 17.2 Å². The molecule has 1 fully saturated rings. The third kappa shape index (κ3) is 6.59. The van der Waals surface area contributed by atoms with Crippen LogP contribution in [-0.2, 0) is 32.2 Å². The molecule has 2 aliphatic heterocycles. The summed E-state index contributed by atoms with van der Waals surface area (Å²) in [5.41, 5.74) is 0.889. The van der Waals surface area contributed by atoms with Crippen LogP contribution < -0.4 is 20.1 Å². The van der Waals surface area contributed by atoms with Gasteiger partial charge < -0.3 is 23.8 Å². The number of amides is 4. The van der Waals surface area contributed by atoms with Gasteiger partial charge in [-0.05, 0) is 36.2 Å². The minimum absolute atomic E-state index is 0.0283. The number of fused-ring (bicyclic) bond motifs is 1. The predicted molar refractivity (Wildman–Crippen MR) is 146 cm³/mol. The number of benzene rings is 3. The minimum atomic E-state index is -1.13. The van der Waals surface area contributed by atoms with E-state index in [9.17, 15) is 32.3 Å². The highest BCUT2D eigenvalue weighted by Crippen LogP contribution is 2.37. The van der Waals surface area contributed by atoms with Crippen LogP contribution in [0, 0.1) is 17.5 Å². The molecule has 14 heteroatoms. The lowest BCUT2D eigenvalue weighted by molar-refractivity contribution is -0.136.